The number of fused-ring (bicyclic) bond motifs is 1. The number of carbonyl (C=O) groups is 1. The Balaban J connectivity index is 2.49. The minimum absolute atomic E-state index is 0.148. The van der Waals surface area contributed by atoms with Crippen molar-refractivity contribution >= 4 is 70.6 Å². The Morgan fingerprint density at radius 3 is 2.64 bits per heavy atom. The van der Waals surface area contributed by atoms with Gasteiger partial charge in [0.05, 0.1) is 21.5 Å². The number of quaternary nitrogens is 1. The van der Waals surface area contributed by atoms with Crippen LogP contribution >= 0.6 is 59.6 Å². The van der Waals surface area contributed by atoms with Crippen molar-refractivity contribution < 1.29 is 19.3 Å². The topological polar surface area (TPSA) is 75.4 Å². The van der Waals surface area contributed by atoms with Crippen LogP contribution in [0.1, 0.15) is 6.92 Å². The first-order valence-electron chi connectivity index (χ1n) is 6.32. The van der Waals surface area contributed by atoms with E-state index in [9.17, 15) is 10.0 Å². The third-order valence-corrected chi connectivity index (χ3v) is 6.75. The van der Waals surface area contributed by atoms with Gasteiger partial charge in [-0.2, -0.15) is 0 Å². The summed E-state index contributed by atoms with van der Waals surface area (Å²) in [6, 6.07) is -1.06. The van der Waals surface area contributed by atoms with E-state index in [0.717, 1.165) is 5.04 Å². The molecule has 1 N–H and O–H groups in total. The molecule has 0 aromatic carbocycles. The summed E-state index contributed by atoms with van der Waals surface area (Å²) in [6.45, 7) is 1.83. The Morgan fingerprint density at radius 2 is 2.18 bits per heavy atom. The second-order valence-corrected chi connectivity index (χ2v) is 9.80. The first kappa shape index (κ1) is 18.9. The first-order valence-corrected chi connectivity index (χ1v) is 10.1. The number of aliphatic imine (C=N–C) groups is 1. The number of alkyl halides is 3. The average molecular weight is 523 g/mol. The van der Waals surface area contributed by atoms with Crippen LogP contribution in [-0.2, 0) is 14.3 Å². The first-order chi connectivity index (χ1) is 10.3. The van der Waals surface area contributed by atoms with Gasteiger partial charge in [-0.15, -0.1) is 0 Å². The average Bonchev–Trinajstić information content (AvgIpc) is 2.79. The lowest BCUT2D eigenvalue weighted by atomic mass is 9.87. The number of hydrogen-bond donors (Lipinski definition) is 1. The van der Waals surface area contributed by atoms with Crippen molar-refractivity contribution in [3.05, 3.63) is 16.4 Å². The third-order valence-electron chi connectivity index (χ3n) is 3.72. The maximum Gasteiger partial charge on any atom is 0.339 e. The Kier molecular flexibility index (Phi) is 6.18. The van der Waals surface area contributed by atoms with Crippen LogP contribution in [0.25, 0.3) is 0 Å². The van der Waals surface area contributed by atoms with Crippen molar-refractivity contribution in [1.29, 1.82) is 0 Å². The molecule has 2 aliphatic rings. The van der Waals surface area contributed by atoms with Gasteiger partial charge >= 0.3 is 5.97 Å². The van der Waals surface area contributed by atoms with Gasteiger partial charge in [-0.1, -0.05) is 47.8 Å². The van der Waals surface area contributed by atoms with Gasteiger partial charge in [0.2, 0.25) is 0 Å². The number of rotatable bonds is 5. The summed E-state index contributed by atoms with van der Waals surface area (Å²) < 4.78 is 10.1. The van der Waals surface area contributed by atoms with Crippen LogP contribution in [0.3, 0.4) is 0 Å². The van der Waals surface area contributed by atoms with Crippen molar-refractivity contribution in [2.75, 3.05) is 19.5 Å². The summed E-state index contributed by atoms with van der Waals surface area (Å²) in [4.78, 5) is 16.8. The molecular weight excluding hydrogens is 508 g/mol. The van der Waals surface area contributed by atoms with E-state index in [1.807, 2.05) is 6.92 Å². The number of nitrogens with one attached hydrogen (secondary N) is 1. The fraction of sp³-hybridized carbons (Fsp3) is 0.667. The monoisotopic (exact) mass is 520 g/mol. The van der Waals surface area contributed by atoms with Crippen molar-refractivity contribution in [2.45, 2.75) is 27.8 Å². The molecule has 0 bridgehead atoms. The van der Waals surface area contributed by atoms with Crippen molar-refractivity contribution in [1.82, 2.24) is 0 Å². The van der Waals surface area contributed by atoms with E-state index in [2.05, 4.69) is 52.8 Å². The second kappa shape index (κ2) is 7.20. The zero-order chi connectivity index (χ0) is 16.7. The smallest absolute Gasteiger partial charge is 0.339 e. The number of nitrogens with zero attached hydrogens (tertiary/aromatic N) is 1. The minimum atomic E-state index is -1.00. The normalized spacial score (nSPS) is 34.7. The van der Waals surface area contributed by atoms with Crippen molar-refractivity contribution in [2.24, 2.45) is 4.99 Å². The molecule has 2 aliphatic heterocycles. The summed E-state index contributed by atoms with van der Waals surface area (Å²) in [5.74, 6) is -0.522. The van der Waals surface area contributed by atoms with Gasteiger partial charge in [-0.3, -0.25) is 4.99 Å². The molecule has 22 heavy (non-hydrogen) atoms. The van der Waals surface area contributed by atoms with E-state index in [1.54, 1.807) is 0 Å². The van der Waals surface area contributed by atoms with Gasteiger partial charge in [-0.05, 0) is 24.3 Å². The zero-order valence-electron chi connectivity index (χ0n) is 12.1. The van der Waals surface area contributed by atoms with Crippen LogP contribution in [0.15, 0.2) is 16.1 Å². The van der Waals surface area contributed by atoms with Crippen LogP contribution in [0.2, 0.25) is 0 Å². The fourth-order valence-electron chi connectivity index (χ4n) is 2.71. The summed E-state index contributed by atoms with van der Waals surface area (Å²) in [7, 11) is 2.79. The Bertz CT molecular complexity index is 542. The lowest BCUT2D eigenvalue weighted by Crippen LogP contribution is -3.30. The predicted molar refractivity (Wildman–Crippen MR) is 96.8 cm³/mol. The lowest BCUT2D eigenvalue weighted by molar-refractivity contribution is -0.981. The molecule has 0 aromatic rings. The van der Waals surface area contributed by atoms with E-state index in [4.69, 9.17) is 9.47 Å². The molecule has 1 fully saturated rings. The zero-order valence-corrected chi connectivity index (χ0v) is 17.6. The van der Waals surface area contributed by atoms with Gasteiger partial charge < -0.3 is 19.7 Å². The maximum atomic E-state index is 12.7. The van der Waals surface area contributed by atoms with E-state index in [-0.39, 0.29) is 8.80 Å². The van der Waals surface area contributed by atoms with E-state index in [0.29, 0.717) is 16.5 Å². The molecule has 0 aromatic heterocycles. The highest BCUT2D eigenvalue weighted by Crippen LogP contribution is 2.44. The molecule has 4 atom stereocenters. The van der Waals surface area contributed by atoms with Crippen molar-refractivity contribution in [3.63, 3.8) is 0 Å². The molecule has 4 unspecified atom stereocenters. The molecule has 0 spiro atoms. The lowest BCUT2D eigenvalue weighted by Gasteiger charge is -2.56. The molecule has 2 heterocycles. The quantitative estimate of drug-likeness (QED) is 0.257. The van der Waals surface area contributed by atoms with Gasteiger partial charge in [0.1, 0.15) is 0 Å². The SMILES string of the molecule is COC(=O)C(=C(CBr)C(Br)Br)C1C2N=C(C)SC2(OC)[NH+]1[O-]. The summed E-state index contributed by atoms with van der Waals surface area (Å²) >= 11 is 11.5. The Labute approximate surface area is 158 Å². The largest absolute Gasteiger partial charge is 0.631 e. The van der Waals surface area contributed by atoms with Gasteiger partial charge in [0, 0.05) is 12.4 Å². The van der Waals surface area contributed by atoms with E-state index < -0.39 is 23.1 Å². The van der Waals surface area contributed by atoms with Crippen LogP contribution in [0.4, 0.5) is 0 Å². The van der Waals surface area contributed by atoms with Crippen LogP contribution in [0.5, 0.6) is 0 Å². The number of ether oxygens (including phenoxy) is 2. The number of halogens is 3. The fourth-order valence-corrected chi connectivity index (χ4v) is 6.25. The minimum Gasteiger partial charge on any atom is -0.631 e. The van der Waals surface area contributed by atoms with Crippen LogP contribution in [0, 0.1) is 5.21 Å². The number of esters is 1. The molecule has 1 saturated heterocycles. The molecular formula is C12H15Br3N2O4S. The van der Waals surface area contributed by atoms with Gasteiger partial charge in [-0.25, -0.2) is 4.79 Å². The molecule has 0 aliphatic carbocycles. The maximum absolute atomic E-state index is 12.7. The number of hydrogen-bond acceptors (Lipinski definition) is 6. The Hall–Kier alpha value is 0.550. The van der Waals surface area contributed by atoms with Gasteiger partial charge in [0.15, 0.2) is 12.1 Å². The highest BCUT2D eigenvalue weighted by Gasteiger charge is 2.69. The second-order valence-electron chi connectivity index (χ2n) is 4.77. The molecule has 6 nitrogen and oxygen atoms in total. The number of methoxy groups -OCH3 is 2. The number of carbonyl (C=O) groups excluding carboxylic acids is 1. The molecule has 0 radical (unpaired) electrons. The molecule has 2 rings (SSSR count). The molecule has 0 amide bonds. The summed E-state index contributed by atoms with van der Waals surface area (Å²) in [6.07, 6.45) is 0. The highest BCUT2D eigenvalue weighted by molar-refractivity contribution is 9.24. The van der Waals surface area contributed by atoms with Crippen LogP contribution < -0.4 is 5.06 Å². The van der Waals surface area contributed by atoms with Gasteiger partial charge in [0.25, 0.3) is 5.06 Å². The summed E-state index contributed by atoms with van der Waals surface area (Å²) in [5, 5.41) is 12.8. The molecule has 10 heteroatoms. The Morgan fingerprint density at radius 1 is 1.55 bits per heavy atom. The highest BCUT2D eigenvalue weighted by atomic mass is 79.9. The summed E-state index contributed by atoms with van der Waals surface area (Å²) in [5.41, 5.74) is 1.04. The standard InChI is InChI=1S/C12H15Br3N2O4S/c1-5-16-9-8(17(19)12(9,21-3)22-5)7(11(18)20-2)6(4-13)10(14)15/h8-10,17H,4H2,1-3H3. The van der Waals surface area contributed by atoms with Crippen LogP contribution in [-0.4, -0.2) is 51.4 Å². The number of thioether (sulfide) groups is 1. The number of allylic oxidation sites excluding steroid dienone is 1. The third kappa shape index (κ3) is 2.84. The van der Waals surface area contributed by atoms with Crippen molar-refractivity contribution in [3.8, 4) is 0 Å². The number of hydroxylamine groups is 2. The molecule has 0 saturated carbocycles. The van der Waals surface area contributed by atoms with E-state index in [1.165, 1.54) is 26.0 Å². The molecule has 124 valence electrons. The predicted octanol–water partition coefficient (Wildman–Crippen LogP) is 1.57. The van der Waals surface area contributed by atoms with E-state index >= 15 is 0 Å².